The summed E-state index contributed by atoms with van der Waals surface area (Å²) >= 11 is 5.94. The standard InChI is InChI=1S/C16H22ClNO3/c1-12-10-13(5-6-14(12)17)21-9-2-4-15(19)18-11-16(20)7-3-8-16/h5-6,10,20H,2-4,7-9,11H2,1H3,(H,18,19). The molecule has 0 atom stereocenters. The molecule has 0 aliphatic heterocycles. The van der Waals surface area contributed by atoms with E-state index >= 15 is 0 Å². The van der Waals surface area contributed by atoms with Gasteiger partial charge in [-0.3, -0.25) is 4.79 Å². The molecule has 116 valence electrons. The van der Waals surface area contributed by atoms with Gasteiger partial charge in [-0.25, -0.2) is 0 Å². The lowest BCUT2D eigenvalue weighted by molar-refractivity contribution is -0.123. The summed E-state index contributed by atoms with van der Waals surface area (Å²) in [7, 11) is 0. The van der Waals surface area contributed by atoms with Crippen LogP contribution in [0.5, 0.6) is 5.75 Å². The number of hydrogen-bond acceptors (Lipinski definition) is 3. The largest absolute Gasteiger partial charge is 0.494 e. The minimum absolute atomic E-state index is 0.0359. The molecule has 2 rings (SSSR count). The van der Waals surface area contributed by atoms with Crippen molar-refractivity contribution in [1.29, 1.82) is 0 Å². The lowest BCUT2D eigenvalue weighted by Crippen LogP contribution is -2.47. The van der Waals surface area contributed by atoms with Crippen LogP contribution in [0.4, 0.5) is 0 Å². The summed E-state index contributed by atoms with van der Waals surface area (Å²) in [4.78, 5) is 11.6. The van der Waals surface area contributed by atoms with Crippen LogP contribution in [0.25, 0.3) is 0 Å². The highest BCUT2D eigenvalue weighted by Gasteiger charge is 2.34. The van der Waals surface area contributed by atoms with E-state index in [4.69, 9.17) is 16.3 Å². The first-order valence-corrected chi connectivity index (χ1v) is 7.74. The maximum absolute atomic E-state index is 11.6. The van der Waals surface area contributed by atoms with Crippen LogP contribution in [-0.2, 0) is 4.79 Å². The Morgan fingerprint density at radius 2 is 2.24 bits per heavy atom. The summed E-state index contributed by atoms with van der Waals surface area (Å²) in [6.07, 6.45) is 3.66. The molecule has 2 N–H and O–H groups in total. The molecule has 1 saturated carbocycles. The van der Waals surface area contributed by atoms with Crippen LogP contribution in [0.1, 0.15) is 37.7 Å². The van der Waals surface area contributed by atoms with Crippen molar-refractivity contribution in [3.8, 4) is 5.75 Å². The van der Waals surface area contributed by atoms with Gasteiger partial charge < -0.3 is 15.2 Å². The number of ether oxygens (including phenoxy) is 1. The van der Waals surface area contributed by atoms with Crippen molar-refractivity contribution in [3.63, 3.8) is 0 Å². The van der Waals surface area contributed by atoms with E-state index in [9.17, 15) is 9.90 Å². The first kappa shape index (κ1) is 16.1. The summed E-state index contributed by atoms with van der Waals surface area (Å²) in [5.41, 5.74) is 0.313. The minimum atomic E-state index is -0.660. The fourth-order valence-corrected chi connectivity index (χ4v) is 2.36. The summed E-state index contributed by atoms with van der Waals surface area (Å²) in [6.45, 7) is 2.77. The Kier molecular flexibility index (Phi) is 5.48. The van der Waals surface area contributed by atoms with E-state index in [1.54, 1.807) is 6.07 Å². The molecule has 0 spiro atoms. The Bertz CT molecular complexity index is 500. The number of halogens is 1. The van der Waals surface area contributed by atoms with Crippen molar-refractivity contribution < 1.29 is 14.6 Å². The third-order valence-corrected chi connectivity index (χ3v) is 4.27. The smallest absolute Gasteiger partial charge is 0.220 e. The van der Waals surface area contributed by atoms with E-state index in [1.807, 2.05) is 19.1 Å². The van der Waals surface area contributed by atoms with Crippen molar-refractivity contribution in [1.82, 2.24) is 5.32 Å². The number of benzene rings is 1. The van der Waals surface area contributed by atoms with Crippen LogP contribution in [0, 0.1) is 6.92 Å². The Morgan fingerprint density at radius 3 is 2.86 bits per heavy atom. The molecule has 0 bridgehead atoms. The number of hydrogen-bond donors (Lipinski definition) is 2. The number of nitrogens with one attached hydrogen (secondary N) is 1. The molecule has 0 aromatic heterocycles. The van der Waals surface area contributed by atoms with E-state index in [1.165, 1.54) is 0 Å². The van der Waals surface area contributed by atoms with Crippen molar-refractivity contribution in [2.24, 2.45) is 0 Å². The number of aryl methyl sites for hydroxylation is 1. The van der Waals surface area contributed by atoms with Crippen molar-refractivity contribution >= 4 is 17.5 Å². The molecule has 0 radical (unpaired) electrons. The van der Waals surface area contributed by atoms with Crippen molar-refractivity contribution in [2.75, 3.05) is 13.2 Å². The van der Waals surface area contributed by atoms with Crippen LogP contribution in [-0.4, -0.2) is 29.8 Å². The first-order chi connectivity index (χ1) is 9.98. The predicted molar refractivity (Wildman–Crippen MR) is 82.7 cm³/mol. The molecule has 1 fully saturated rings. The Morgan fingerprint density at radius 1 is 1.48 bits per heavy atom. The second-order valence-electron chi connectivity index (χ2n) is 5.72. The highest BCUT2D eigenvalue weighted by Crippen LogP contribution is 2.30. The number of rotatable bonds is 7. The number of amides is 1. The van der Waals surface area contributed by atoms with Gasteiger partial charge in [-0.05, 0) is 56.4 Å². The average Bonchev–Trinajstić information content (AvgIpc) is 2.43. The van der Waals surface area contributed by atoms with Crippen LogP contribution >= 0.6 is 11.6 Å². The molecule has 0 unspecified atom stereocenters. The van der Waals surface area contributed by atoms with Crippen LogP contribution in [0.2, 0.25) is 5.02 Å². The molecule has 21 heavy (non-hydrogen) atoms. The average molecular weight is 312 g/mol. The molecule has 1 amide bonds. The second-order valence-corrected chi connectivity index (χ2v) is 6.12. The lowest BCUT2D eigenvalue weighted by Gasteiger charge is -2.36. The molecule has 1 aliphatic carbocycles. The summed E-state index contributed by atoms with van der Waals surface area (Å²) in [6, 6.07) is 5.51. The van der Waals surface area contributed by atoms with Gasteiger partial charge in [0, 0.05) is 18.0 Å². The van der Waals surface area contributed by atoms with Gasteiger partial charge in [0.15, 0.2) is 0 Å². The van der Waals surface area contributed by atoms with Crippen LogP contribution < -0.4 is 10.1 Å². The second kappa shape index (κ2) is 7.14. The lowest BCUT2D eigenvalue weighted by atomic mass is 9.80. The van der Waals surface area contributed by atoms with Gasteiger partial charge in [0.2, 0.25) is 5.91 Å². The number of carbonyl (C=O) groups is 1. The molecular formula is C16H22ClNO3. The highest BCUT2D eigenvalue weighted by atomic mass is 35.5. The van der Waals surface area contributed by atoms with Crippen LogP contribution in [0.3, 0.4) is 0 Å². The van der Waals surface area contributed by atoms with Gasteiger partial charge >= 0.3 is 0 Å². The number of aliphatic hydroxyl groups is 1. The zero-order valence-electron chi connectivity index (χ0n) is 12.3. The fraction of sp³-hybridized carbons (Fsp3) is 0.562. The zero-order chi connectivity index (χ0) is 15.3. The summed E-state index contributed by atoms with van der Waals surface area (Å²) in [5.74, 6) is 0.729. The minimum Gasteiger partial charge on any atom is -0.494 e. The first-order valence-electron chi connectivity index (χ1n) is 7.37. The molecule has 1 aliphatic rings. The topological polar surface area (TPSA) is 58.6 Å². The molecule has 1 aromatic carbocycles. The predicted octanol–water partition coefficient (Wildman–Crippen LogP) is 2.84. The van der Waals surface area contributed by atoms with Crippen molar-refractivity contribution in [2.45, 2.75) is 44.6 Å². The summed E-state index contributed by atoms with van der Waals surface area (Å²) < 4.78 is 5.58. The van der Waals surface area contributed by atoms with Gasteiger partial charge in [-0.1, -0.05) is 11.6 Å². The Balaban J connectivity index is 1.60. The van der Waals surface area contributed by atoms with Gasteiger partial charge in [-0.2, -0.15) is 0 Å². The maximum Gasteiger partial charge on any atom is 0.220 e. The highest BCUT2D eigenvalue weighted by molar-refractivity contribution is 6.31. The zero-order valence-corrected chi connectivity index (χ0v) is 13.1. The van der Waals surface area contributed by atoms with Gasteiger partial charge in [0.1, 0.15) is 5.75 Å². The Hall–Kier alpha value is -1.26. The third kappa shape index (κ3) is 4.90. The van der Waals surface area contributed by atoms with Gasteiger partial charge in [-0.15, -0.1) is 0 Å². The van der Waals surface area contributed by atoms with E-state index in [0.717, 1.165) is 35.6 Å². The number of carbonyl (C=O) groups excluding carboxylic acids is 1. The Labute approximate surface area is 130 Å². The van der Waals surface area contributed by atoms with E-state index in [0.29, 0.717) is 26.0 Å². The molecule has 0 heterocycles. The quantitative estimate of drug-likeness (QED) is 0.761. The molecular weight excluding hydrogens is 290 g/mol. The maximum atomic E-state index is 11.6. The third-order valence-electron chi connectivity index (χ3n) is 3.85. The van der Waals surface area contributed by atoms with Gasteiger partial charge in [0.05, 0.1) is 12.2 Å². The molecule has 1 aromatic rings. The molecule has 4 nitrogen and oxygen atoms in total. The normalized spacial score (nSPS) is 16.1. The SMILES string of the molecule is Cc1cc(OCCCC(=O)NCC2(O)CCC2)ccc1Cl. The van der Waals surface area contributed by atoms with Crippen LogP contribution in [0.15, 0.2) is 18.2 Å². The summed E-state index contributed by atoms with van der Waals surface area (Å²) in [5, 5.41) is 13.4. The van der Waals surface area contributed by atoms with E-state index in [2.05, 4.69) is 5.32 Å². The van der Waals surface area contributed by atoms with E-state index in [-0.39, 0.29) is 5.91 Å². The molecule has 0 saturated heterocycles. The van der Waals surface area contributed by atoms with E-state index < -0.39 is 5.60 Å². The van der Waals surface area contributed by atoms with Crippen molar-refractivity contribution in [3.05, 3.63) is 28.8 Å². The fourth-order valence-electron chi connectivity index (χ4n) is 2.24. The molecule has 5 heteroatoms. The van der Waals surface area contributed by atoms with Gasteiger partial charge in [0.25, 0.3) is 0 Å². The monoisotopic (exact) mass is 311 g/mol.